The molecule has 7 heteroatoms. The van der Waals surface area contributed by atoms with Crippen molar-refractivity contribution < 1.29 is 18.3 Å². The van der Waals surface area contributed by atoms with E-state index in [1.54, 1.807) is 18.1 Å². The van der Waals surface area contributed by atoms with Gasteiger partial charge in [0.05, 0.1) is 13.7 Å². The van der Waals surface area contributed by atoms with Crippen molar-refractivity contribution in [1.82, 2.24) is 5.10 Å². The summed E-state index contributed by atoms with van der Waals surface area (Å²) in [5.41, 5.74) is 6.72. The van der Waals surface area contributed by atoms with E-state index in [0.29, 0.717) is 11.6 Å². The summed E-state index contributed by atoms with van der Waals surface area (Å²) in [6, 6.07) is 7.28. The van der Waals surface area contributed by atoms with Gasteiger partial charge in [-0.05, 0) is 19.1 Å². The Morgan fingerprint density at radius 3 is 2.68 bits per heavy atom. The Hall–Kier alpha value is -2.15. The molecule has 2 rings (SSSR count). The van der Waals surface area contributed by atoms with Crippen LogP contribution >= 0.6 is 11.5 Å². The summed E-state index contributed by atoms with van der Waals surface area (Å²) < 4.78 is 11.5. The molecule has 1 heterocycles. The van der Waals surface area contributed by atoms with E-state index < -0.39 is 5.97 Å². The van der Waals surface area contributed by atoms with Crippen molar-refractivity contribution in [3.05, 3.63) is 30.0 Å². The number of nitrogens with zero attached hydrogens (tertiary/aromatic N) is 2. The first kappa shape index (κ1) is 13.3. The molecule has 0 aliphatic carbocycles. The Morgan fingerprint density at radius 2 is 2.11 bits per heavy atom. The number of nitrogens with two attached hydrogens (primary N) is 1. The number of hydrogen-bond acceptors (Lipinski definition) is 6. The molecule has 100 valence electrons. The van der Waals surface area contributed by atoms with Gasteiger partial charge in [-0.3, -0.25) is 0 Å². The van der Waals surface area contributed by atoms with Gasteiger partial charge in [0.25, 0.3) is 11.4 Å². The average Bonchev–Trinajstić information content (AvgIpc) is 2.81. The molecule has 0 fully saturated rings. The fourth-order valence-electron chi connectivity index (χ4n) is 1.46. The van der Waals surface area contributed by atoms with Gasteiger partial charge in [-0.25, -0.2) is 4.79 Å². The third kappa shape index (κ3) is 2.82. The van der Waals surface area contributed by atoms with Crippen molar-refractivity contribution in [2.75, 3.05) is 19.5 Å². The normalized spacial score (nSPS) is 10.2. The molecule has 2 N–H and O–H groups in total. The lowest BCUT2D eigenvalue weighted by Crippen LogP contribution is -2.29. The molecule has 0 saturated heterocycles. The van der Waals surface area contributed by atoms with Gasteiger partial charge in [0.2, 0.25) is 0 Å². The number of anilines is 1. The lowest BCUT2D eigenvalue weighted by molar-refractivity contribution is -0.588. The van der Waals surface area contributed by atoms with Crippen LogP contribution in [-0.4, -0.2) is 24.8 Å². The minimum Gasteiger partial charge on any atom is -0.497 e. The van der Waals surface area contributed by atoms with Crippen molar-refractivity contribution in [3.8, 4) is 11.4 Å². The molecule has 0 bridgehead atoms. The predicted octanol–water partition coefficient (Wildman–Crippen LogP) is 1.19. The van der Waals surface area contributed by atoms with Gasteiger partial charge in [-0.1, -0.05) is 0 Å². The van der Waals surface area contributed by atoms with E-state index in [-0.39, 0.29) is 5.69 Å². The summed E-state index contributed by atoms with van der Waals surface area (Å²) in [6.07, 6.45) is 0. The van der Waals surface area contributed by atoms with Crippen LogP contribution in [0.4, 0.5) is 5.00 Å². The largest absolute Gasteiger partial charge is 0.497 e. The van der Waals surface area contributed by atoms with Gasteiger partial charge in [0.15, 0.2) is 16.5 Å². The van der Waals surface area contributed by atoms with Crippen molar-refractivity contribution in [1.29, 1.82) is 0 Å². The van der Waals surface area contributed by atoms with Crippen molar-refractivity contribution in [3.63, 3.8) is 0 Å². The molecular weight excluding hydrogens is 266 g/mol. The van der Waals surface area contributed by atoms with E-state index in [4.69, 9.17) is 15.2 Å². The van der Waals surface area contributed by atoms with Gasteiger partial charge in [0, 0.05) is 21.3 Å². The first-order valence-electron chi connectivity index (χ1n) is 5.66. The molecule has 0 atom stereocenters. The fourth-order valence-corrected chi connectivity index (χ4v) is 2.20. The fraction of sp³-hybridized carbons (Fsp3) is 0.250. The molecule has 0 aliphatic rings. The summed E-state index contributed by atoms with van der Waals surface area (Å²) in [7, 11) is 1.60. The topological polar surface area (TPSA) is 78.3 Å². The zero-order valence-electron chi connectivity index (χ0n) is 10.6. The zero-order chi connectivity index (χ0) is 13.8. The minimum atomic E-state index is -0.511. The molecule has 1 aromatic heterocycles. The molecule has 2 aromatic rings. The zero-order valence-corrected chi connectivity index (χ0v) is 11.4. The Labute approximate surface area is 114 Å². The van der Waals surface area contributed by atoms with Crippen LogP contribution in [0.5, 0.6) is 5.75 Å². The first-order chi connectivity index (χ1) is 9.15. The monoisotopic (exact) mass is 280 g/mol. The number of aromatic nitrogens is 2. The molecule has 19 heavy (non-hydrogen) atoms. The summed E-state index contributed by atoms with van der Waals surface area (Å²) >= 11 is 1.18. The maximum atomic E-state index is 11.6. The van der Waals surface area contributed by atoms with Crippen molar-refractivity contribution in [2.24, 2.45) is 0 Å². The molecule has 0 unspecified atom stereocenters. The van der Waals surface area contributed by atoms with E-state index in [2.05, 4.69) is 5.10 Å². The third-order valence-electron chi connectivity index (χ3n) is 2.37. The second kappa shape index (κ2) is 5.66. The molecule has 0 saturated carbocycles. The SMILES string of the molecule is CCOC(=O)c1n[n+](-c2ccc(OC)cc2)sc1N. The summed E-state index contributed by atoms with van der Waals surface area (Å²) in [5.74, 6) is 0.239. The lowest BCUT2D eigenvalue weighted by atomic mass is 10.3. The summed E-state index contributed by atoms with van der Waals surface area (Å²) in [6.45, 7) is 2.02. The van der Waals surface area contributed by atoms with Crippen LogP contribution in [-0.2, 0) is 4.74 Å². The highest BCUT2D eigenvalue weighted by atomic mass is 32.1. The van der Waals surface area contributed by atoms with Crippen molar-refractivity contribution in [2.45, 2.75) is 6.92 Å². The third-order valence-corrected chi connectivity index (χ3v) is 3.23. The van der Waals surface area contributed by atoms with Crippen LogP contribution in [0.3, 0.4) is 0 Å². The number of nitrogen functional groups attached to an aromatic ring is 1. The molecule has 0 aliphatic heterocycles. The van der Waals surface area contributed by atoms with E-state index >= 15 is 0 Å². The van der Waals surface area contributed by atoms with Crippen LogP contribution < -0.4 is 14.5 Å². The molecular formula is C12H14N3O3S+. The molecule has 0 radical (unpaired) electrons. The van der Waals surface area contributed by atoms with Crippen LogP contribution in [0.15, 0.2) is 24.3 Å². The molecule has 0 spiro atoms. The molecule has 6 nitrogen and oxygen atoms in total. The van der Waals surface area contributed by atoms with E-state index in [1.807, 2.05) is 24.3 Å². The van der Waals surface area contributed by atoms with Crippen LogP contribution in [0.2, 0.25) is 0 Å². The van der Waals surface area contributed by atoms with E-state index in [1.165, 1.54) is 11.5 Å². The second-order valence-electron chi connectivity index (χ2n) is 3.60. The minimum absolute atomic E-state index is 0.141. The van der Waals surface area contributed by atoms with Gasteiger partial charge in [-0.15, -0.1) is 0 Å². The average molecular weight is 280 g/mol. The Bertz CT molecular complexity index is 580. The number of carbonyl (C=O) groups is 1. The predicted molar refractivity (Wildman–Crippen MR) is 70.6 cm³/mol. The number of esters is 1. The number of methoxy groups -OCH3 is 1. The maximum Gasteiger partial charge on any atom is 0.366 e. The highest BCUT2D eigenvalue weighted by Crippen LogP contribution is 2.16. The number of ether oxygens (including phenoxy) is 2. The number of carbonyl (C=O) groups excluding carboxylic acids is 1. The smallest absolute Gasteiger partial charge is 0.366 e. The number of rotatable bonds is 4. The Kier molecular flexibility index (Phi) is 3.96. The number of hydrogen-bond donors (Lipinski definition) is 1. The van der Waals surface area contributed by atoms with Gasteiger partial charge < -0.3 is 15.2 Å². The van der Waals surface area contributed by atoms with E-state index in [9.17, 15) is 4.79 Å². The standard InChI is InChI=1S/C12H13N3O3S/c1-3-18-12(16)10-11(13)19-15(14-10)8-4-6-9(17-2)7-5-8/h4-7,13H,3H2,1-2H3/p+1. The quantitative estimate of drug-likeness (QED) is 0.672. The molecule has 1 aromatic carbocycles. The van der Waals surface area contributed by atoms with Crippen molar-refractivity contribution >= 4 is 22.5 Å². The Morgan fingerprint density at radius 1 is 1.42 bits per heavy atom. The van der Waals surface area contributed by atoms with Crippen LogP contribution in [0, 0.1) is 0 Å². The highest BCUT2D eigenvalue weighted by Gasteiger charge is 2.25. The Balaban J connectivity index is 2.30. The lowest BCUT2D eigenvalue weighted by Gasteiger charge is -1.96. The number of benzene rings is 1. The van der Waals surface area contributed by atoms with E-state index in [0.717, 1.165) is 11.4 Å². The molecule has 0 amide bonds. The summed E-state index contributed by atoms with van der Waals surface area (Å²) in [5, 5.41) is 4.48. The second-order valence-corrected chi connectivity index (χ2v) is 4.56. The maximum absolute atomic E-state index is 11.6. The van der Waals surface area contributed by atoms with Gasteiger partial charge >= 0.3 is 5.97 Å². The van der Waals surface area contributed by atoms with Gasteiger partial charge in [-0.2, -0.15) is 0 Å². The highest BCUT2D eigenvalue weighted by molar-refractivity contribution is 7.06. The first-order valence-corrected chi connectivity index (χ1v) is 6.43. The van der Waals surface area contributed by atoms with Gasteiger partial charge in [0.1, 0.15) is 5.75 Å². The van der Waals surface area contributed by atoms with Crippen LogP contribution in [0.1, 0.15) is 17.4 Å². The summed E-state index contributed by atoms with van der Waals surface area (Å²) in [4.78, 5) is 11.6. The van der Waals surface area contributed by atoms with Crippen LogP contribution in [0.25, 0.3) is 5.69 Å².